The maximum Gasteiger partial charge on any atom is 0.253 e. The molecule has 172 valence electrons. The van der Waals surface area contributed by atoms with Gasteiger partial charge in [-0.05, 0) is 68.5 Å². The summed E-state index contributed by atoms with van der Waals surface area (Å²) in [6.07, 6.45) is 10.1. The fourth-order valence-electron chi connectivity index (χ4n) is 4.61. The summed E-state index contributed by atoms with van der Waals surface area (Å²) in [5.74, 6) is 1.20. The first-order valence-electron chi connectivity index (χ1n) is 11.6. The van der Waals surface area contributed by atoms with Crippen molar-refractivity contribution >= 4 is 17.7 Å². The molecule has 2 atom stereocenters. The van der Waals surface area contributed by atoms with E-state index in [1.807, 2.05) is 47.6 Å². The molecule has 0 saturated carbocycles. The van der Waals surface area contributed by atoms with Crippen molar-refractivity contribution in [2.24, 2.45) is 0 Å². The molecule has 0 spiro atoms. The lowest BCUT2D eigenvalue weighted by molar-refractivity contribution is 0.0705. The third-order valence-electron chi connectivity index (χ3n) is 6.39. The Morgan fingerprint density at radius 3 is 2.85 bits per heavy atom. The van der Waals surface area contributed by atoms with Gasteiger partial charge in [0.15, 0.2) is 5.16 Å². The summed E-state index contributed by atoms with van der Waals surface area (Å²) in [6, 6.07) is 9.54. The van der Waals surface area contributed by atoms with Gasteiger partial charge in [-0.1, -0.05) is 11.8 Å². The van der Waals surface area contributed by atoms with Crippen molar-refractivity contribution in [3.8, 4) is 5.69 Å². The van der Waals surface area contributed by atoms with Crippen LogP contribution in [0.15, 0.2) is 54.1 Å². The van der Waals surface area contributed by atoms with Crippen LogP contribution in [-0.2, 0) is 4.74 Å². The van der Waals surface area contributed by atoms with E-state index < -0.39 is 0 Å². The number of rotatable bonds is 6. The highest BCUT2D eigenvalue weighted by atomic mass is 32.2. The van der Waals surface area contributed by atoms with Gasteiger partial charge in [0.1, 0.15) is 0 Å². The number of aromatic nitrogens is 4. The molecule has 8 heteroatoms. The smallest absolute Gasteiger partial charge is 0.253 e. The van der Waals surface area contributed by atoms with Gasteiger partial charge >= 0.3 is 0 Å². The van der Waals surface area contributed by atoms with E-state index in [0.29, 0.717) is 18.2 Å². The Morgan fingerprint density at radius 2 is 2.09 bits per heavy atom. The second kappa shape index (κ2) is 10.1. The van der Waals surface area contributed by atoms with Gasteiger partial charge in [-0.25, -0.2) is 14.6 Å². The van der Waals surface area contributed by atoms with Gasteiger partial charge in [-0.15, -0.1) is 0 Å². The van der Waals surface area contributed by atoms with E-state index >= 15 is 0 Å². The topological polar surface area (TPSA) is 73.1 Å². The zero-order valence-corrected chi connectivity index (χ0v) is 19.7. The Hall–Kier alpha value is -2.71. The van der Waals surface area contributed by atoms with Crippen molar-refractivity contribution in [3.05, 3.63) is 65.7 Å². The second-order valence-corrected chi connectivity index (χ2v) is 9.74. The monoisotopic (exact) mass is 463 g/mol. The van der Waals surface area contributed by atoms with Gasteiger partial charge in [0.25, 0.3) is 5.91 Å². The molecule has 1 amide bonds. The predicted octanol–water partition coefficient (Wildman–Crippen LogP) is 4.26. The van der Waals surface area contributed by atoms with Crippen LogP contribution in [0.5, 0.6) is 0 Å². The standard InChI is InChI=1S/C25H29N5O2S/c1-18-15-26-25(33-17-22-6-3-14-32-22)28-23(18)20-5-2-12-29(16-20)24(31)19-7-9-21(10-8-19)30-13-4-11-27-30/h4,7-11,13,15,20,22H,2-3,5-6,12,14,16-17H2,1H3. The SMILES string of the molecule is Cc1cnc(SCC2CCCO2)nc1C1CCCN(C(=O)c2ccc(-n3cccn3)cc2)C1. The summed E-state index contributed by atoms with van der Waals surface area (Å²) in [4.78, 5) is 24.6. The molecular weight excluding hydrogens is 434 g/mol. The Labute approximate surface area is 198 Å². The average Bonchev–Trinajstić information content (AvgIpc) is 3.58. The van der Waals surface area contributed by atoms with Crippen LogP contribution in [0, 0.1) is 6.92 Å². The molecule has 2 fully saturated rings. The number of piperidine rings is 1. The zero-order chi connectivity index (χ0) is 22.6. The van der Waals surface area contributed by atoms with Gasteiger partial charge in [-0.2, -0.15) is 5.10 Å². The van der Waals surface area contributed by atoms with Crippen molar-refractivity contribution in [1.82, 2.24) is 24.6 Å². The first-order chi connectivity index (χ1) is 16.2. The summed E-state index contributed by atoms with van der Waals surface area (Å²) in [6.45, 7) is 4.40. The first kappa shape index (κ1) is 22.1. The number of benzene rings is 1. The molecule has 4 heterocycles. The summed E-state index contributed by atoms with van der Waals surface area (Å²) in [5.41, 5.74) is 3.82. The van der Waals surface area contributed by atoms with Crippen LogP contribution in [0.25, 0.3) is 5.69 Å². The van der Waals surface area contributed by atoms with Crippen LogP contribution in [0.2, 0.25) is 0 Å². The predicted molar refractivity (Wildman–Crippen MR) is 128 cm³/mol. The van der Waals surface area contributed by atoms with E-state index in [9.17, 15) is 4.79 Å². The quantitative estimate of drug-likeness (QED) is 0.402. The molecule has 33 heavy (non-hydrogen) atoms. The highest BCUT2D eigenvalue weighted by Crippen LogP contribution is 2.30. The molecule has 2 aliphatic rings. The van der Waals surface area contributed by atoms with Crippen LogP contribution >= 0.6 is 11.8 Å². The largest absolute Gasteiger partial charge is 0.377 e. The van der Waals surface area contributed by atoms with Crippen molar-refractivity contribution in [2.75, 3.05) is 25.4 Å². The zero-order valence-electron chi connectivity index (χ0n) is 18.9. The molecule has 2 unspecified atom stereocenters. The van der Waals surface area contributed by atoms with Crippen LogP contribution in [0.3, 0.4) is 0 Å². The van der Waals surface area contributed by atoms with Crippen molar-refractivity contribution < 1.29 is 9.53 Å². The number of amides is 1. The molecule has 0 aliphatic carbocycles. The third-order valence-corrected chi connectivity index (χ3v) is 7.38. The summed E-state index contributed by atoms with van der Waals surface area (Å²) in [7, 11) is 0. The van der Waals surface area contributed by atoms with Crippen molar-refractivity contribution in [3.63, 3.8) is 0 Å². The number of carbonyl (C=O) groups excluding carboxylic acids is 1. The highest BCUT2D eigenvalue weighted by Gasteiger charge is 2.28. The lowest BCUT2D eigenvalue weighted by atomic mass is 9.92. The number of carbonyl (C=O) groups is 1. The molecule has 3 aromatic rings. The van der Waals surface area contributed by atoms with Gasteiger partial charge in [0.2, 0.25) is 0 Å². The number of likely N-dealkylation sites (tertiary alicyclic amines) is 1. The number of hydrogen-bond acceptors (Lipinski definition) is 6. The van der Waals surface area contributed by atoms with E-state index in [4.69, 9.17) is 9.72 Å². The Morgan fingerprint density at radius 1 is 1.21 bits per heavy atom. The van der Waals surface area contributed by atoms with Gasteiger partial charge < -0.3 is 9.64 Å². The maximum atomic E-state index is 13.2. The van der Waals surface area contributed by atoms with E-state index in [-0.39, 0.29) is 11.8 Å². The van der Waals surface area contributed by atoms with E-state index in [1.165, 1.54) is 0 Å². The van der Waals surface area contributed by atoms with Crippen LogP contribution in [0.1, 0.15) is 53.2 Å². The van der Waals surface area contributed by atoms with E-state index in [0.717, 1.165) is 66.7 Å². The molecule has 0 N–H and O–H groups in total. The Kier molecular flexibility index (Phi) is 6.73. The van der Waals surface area contributed by atoms with Gasteiger partial charge in [-0.3, -0.25) is 4.79 Å². The molecule has 0 bridgehead atoms. The second-order valence-electron chi connectivity index (χ2n) is 8.75. The van der Waals surface area contributed by atoms with Crippen LogP contribution in [-0.4, -0.2) is 62.1 Å². The van der Waals surface area contributed by atoms with Crippen molar-refractivity contribution in [2.45, 2.75) is 49.8 Å². The minimum Gasteiger partial charge on any atom is -0.377 e. The minimum absolute atomic E-state index is 0.0754. The lowest BCUT2D eigenvalue weighted by Crippen LogP contribution is -2.39. The lowest BCUT2D eigenvalue weighted by Gasteiger charge is -2.33. The van der Waals surface area contributed by atoms with Gasteiger partial charge in [0.05, 0.1) is 17.5 Å². The number of aryl methyl sites for hydroxylation is 1. The molecule has 1 aromatic carbocycles. The van der Waals surface area contributed by atoms with Crippen molar-refractivity contribution in [1.29, 1.82) is 0 Å². The van der Waals surface area contributed by atoms with Crippen LogP contribution < -0.4 is 0 Å². The number of thioether (sulfide) groups is 1. The maximum absolute atomic E-state index is 13.2. The van der Waals surface area contributed by atoms with Gasteiger partial charge in [0, 0.05) is 55.5 Å². The summed E-state index contributed by atoms with van der Waals surface area (Å²) in [5, 5.41) is 5.05. The number of hydrogen-bond donors (Lipinski definition) is 0. The third kappa shape index (κ3) is 5.12. The fourth-order valence-corrected chi connectivity index (χ4v) is 5.50. The molecule has 0 radical (unpaired) electrons. The first-order valence-corrected chi connectivity index (χ1v) is 12.6. The van der Waals surface area contributed by atoms with E-state index in [2.05, 4.69) is 17.0 Å². The number of nitrogens with zero attached hydrogens (tertiary/aromatic N) is 5. The number of ether oxygens (including phenoxy) is 1. The molecular formula is C25H29N5O2S. The van der Waals surface area contributed by atoms with Crippen LogP contribution in [0.4, 0.5) is 0 Å². The molecule has 7 nitrogen and oxygen atoms in total. The fraction of sp³-hybridized carbons (Fsp3) is 0.440. The Balaban J connectivity index is 1.26. The Bertz CT molecular complexity index is 1080. The molecule has 2 saturated heterocycles. The highest BCUT2D eigenvalue weighted by molar-refractivity contribution is 7.99. The normalized spacial score (nSPS) is 20.8. The molecule has 5 rings (SSSR count). The molecule has 2 aromatic heterocycles. The summed E-state index contributed by atoms with van der Waals surface area (Å²) < 4.78 is 7.52. The average molecular weight is 464 g/mol. The van der Waals surface area contributed by atoms with E-state index in [1.54, 1.807) is 22.6 Å². The molecule has 2 aliphatic heterocycles. The minimum atomic E-state index is 0.0754. The summed E-state index contributed by atoms with van der Waals surface area (Å²) >= 11 is 1.67.